The third-order valence-electron chi connectivity index (χ3n) is 1.71. The number of alkyl halides is 3. The molecular weight excluding hydrogens is 203 g/mol. The quantitative estimate of drug-likeness (QED) is 0.727. The minimum Gasteiger partial charge on any atom is -0.292 e. The zero-order valence-corrected chi connectivity index (χ0v) is 7.88. The summed E-state index contributed by atoms with van der Waals surface area (Å²) in [6, 6.07) is 0.0867. The van der Waals surface area contributed by atoms with Crippen LogP contribution >= 0.6 is 11.8 Å². The highest BCUT2D eigenvalue weighted by molar-refractivity contribution is 7.99. The van der Waals surface area contributed by atoms with E-state index in [4.69, 9.17) is 0 Å². The second kappa shape index (κ2) is 5.07. The van der Waals surface area contributed by atoms with Crippen molar-refractivity contribution in [3.8, 4) is 0 Å². The van der Waals surface area contributed by atoms with E-state index in [1.165, 1.54) is 0 Å². The van der Waals surface area contributed by atoms with Crippen molar-refractivity contribution in [3.63, 3.8) is 0 Å². The van der Waals surface area contributed by atoms with Crippen molar-refractivity contribution in [1.29, 1.82) is 0 Å². The number of hydrogen-bond acceptors (Lipinski definition) is 3. The van der Waals surface area contributed by atoms with Crippen LogP contribution in [-0.2, 0) is 4.84 Å². The number of thioether (sulfide) groups is 1. The minimum absolute atomic E-state index is 0.0867. The van der Waals surface area contributed by atoms with Crippen molar-refractivity contribution in [2.75, 3.05) is 18.1 Å². The molecule has 78 valence electrons. The molecule has 0 radical (unpaired) electrons. The van der Waals surface area contributed by atoms with Gasteiger partial charge in [0, 0.05) is 6.04 Å². The molecule has 0 aromatic carbocycles. The Balaban J connectivity index is 2.04. The van der Waals surface area contributed by atoms with Gasteiger partial charge in [-0.1, -0.05) is 0 Å². The molecule has 0 aromatic rings. The third-order valence-corrected chi connectivity index (χ3v) is 2.76. The van der Waals surface area contributed by atoms with Crippen LogP contribution in [0.1, 0.15) is 12.8 Å². The van der Waals surface area contributed by atoms with Gasteiger partial charge in [0.15, 0.2) is 6.61 Å². The van der Waals surface area contributed by atoms with Gasteiger partial charge in [0.2, 0.25) is 0 Å². The Morgan fingerprint density at radius 3 is 2.46 bits per heavy atom. The van der Waals surface area contributed by atoms with E-state index in [-0.39, 0.29) is 6.04 Å². The number of nitrogens with one attached hydrogen (secondary N) is 1. The lowest BCUT2D eigenvalue weighted by Crippen LogP contribution is -2.35. The lowest BCUT2D eigenvalue weighted by Gasteiger charge is -2.22. The van der Waals surface area contributed by atoms with E-state index in [1.807, 2.05) is 11.8 Å². The van der Waals surface area contributed by atoms with Crippen LogP contribution in [0.4, 0.5) is 13.2 Å². The van der Waals surface area contributed by atoms with E-state index in [0.717, 1.165) is 24.3 Å². The second-order valence-corrected chi connectivity index (χ2v) is 4.13. The molecule has 1 heterocycles. The van der Waals surface area contributed by atoms with E-state index in [2.05, 4.69) is 10.3 Å². The van der Waals surface area contributed by atoms with Crippen molar-refractivity contribution in [2.24, 2.45) is 0 Å². The molecule has 1 aliphatic rings. The average molecular weight is 215 g/mol. The van der Waals surface area contributed by atoms with Crippen molar-refractivity contribution < 1.29 is 18.0 Å². The molecule has 1 saturated heterocycles. The van der Waals surface area contributed by atoms with Crippen LogP contribution in [0.3, 0.4) is 0 Å². The van der Waals surface area contributed by atoms with Gasteiger partial charge in [-0.15, -0.1) is 0 Å². The Morgan fingerprint density at radius 1 is 1.31 bits per heavy atom. The molecule has 0 amide bonds. The number of halogens is 3. The van der Waals surface area contributed by atoms with Crippen LogP contribution in [0.25, 0.3) is 0 Å². The van der Waals surface area contributed by atoms with E-state index in [1.54, 1.807) is 0 Å². The summed E-state index contributed by atoms with van der Waals surface area (Å²) in [6.07, 6.45) is -2.48. The summed E-state index contributed by atoms with van der Waals surface area (Å²) in [6.45, 7) is -1.21. The van der Waals surface area contributed by atoms with Gasteiger partial charge in [0.25, 0.3) is 0 Å². The maximum Gasteiger partial charge on any atom is 0.413 e. The summed E-state index contributed by atoms with van der Waals surface area (Å²) in [4.78, 5) is 4.35. The van der Waals surface area contributed by atoms with E-state index < -0.39 is 12.8 Å². The Labute approximate surface area is 79.2 Å². The third kappa shape index (κ3) is 5.38. The van der Waals surface area contributed by atoms with Crippen LogP contribution in [0.5, 0.6) is 0 Å². The summed E-state index contributed by atoms with van der Waals surface area (Å²) < 4.78 is 34.9. The molecule has 13 heavy (non-hydrogen) atoms. The van der Waals surface area contributed by atoms with Gasteiger partial charge in [0.05, 0.1) is 0 Å². The van der Waals surface area contributed by atoms with E-state index >= 15 is 0 Å². The van der Waals surface area contributed by atoms with Crippen LogP contribution in [0.15, 0.2) is 0 Å². The van der Waals surface area contributed by atoms with Crippen molar-refractivity contribution >= 4 is 11.8 Å². The molecule has 1 N–H and O–H groups in total. The maximum atomic E-state index is 11.6. The smallest absolute Gasteiger partial charge is 0.292 e. The van der Waals surface area contributed by atoms with Crippen LogP contribution in [0.2, 0.25) is 0 Å². The van der Waals surface area contributed by atoms with Gasteiger partial charge in [-0.3, -0.25) is 4.84 Å². The lowest BCUT2D eigenvalue weighted by atomic mass is 10.2. The monoisotopic (exact) mass is 215 g/mol. The van der Waals surface area contributed by atoms with Gasteiger partial charge < -0.3 is 0 Å². The molecule has 0 saturated carbocycles. The van der Waals surface area contributed by atoms with Crippen LogP contribution < -0.4 is 5.48 Å². The summed E-state index contributed by atoms with van der Waals surface area (Å²) in [5.74, 6) is 1.99. The molecule has 0 atom stereocenters. The molecule has 1 aliphatic heterocycles. The first kappa shape index (κ1) is 11.1. The van der Waals surface area contributed by atoms with Gasteiger partial charge in [-0.2, -0.15) is 30.4 Å². The fourth-order valence-electron chi connectivity index (χ4n) is 1.06. The second-order valence-electron chi connectivity index (χ2n) is 2.91. The summed E-state index contributed by atoms with van der Waals surface area (Å²) >= 11 is 1.82. The molecule has 0 aromatic heterocycles. The van der Waals surface area contributed by atoms with Gasteiger partial charge >= 0.3 is 6.18 Å². The molecule has 1 fully saturated rings. The lowest BCUT2D eigenvalue weighted by molar-refractivity contribution is -0.193. The molecule has 1 rings (SSSR count). The Bertz CT molecular complexity index is 147. The molecule has 0 aliphatic carbocycles. The summed E-state index contributed by atoms with van der Waals surface area (Å²) in [5, 5.41) is 0. The van der Waals surface area contributed by atoms with Crippen molar-refractivity contribution in [2.45, 2.75) is 25.1 Å². The predicted octanol–water partition coefficient (Wildman–Crippen LogP) is 1.97. The minimum atomic E-state index is -4.24. The van der Waals surface area contributed by atoms with Crippen LogP contribution in [0, 0.1) is 0 Å². The highest BCUT2D eigenvalue weighted by Crippen LogP contribution is 2.18. The number of rotatable bonds is 3. The maximum absolute atomic E-state index is 11.6. The first-order valence-corrected chi connectivity index (χ1v) is 5.25. The van der Waals surface area contributed by atoms with E-state index in [0.29, 0.717) is 0 Å². The van der Waals surface area contributed by atoms with Gasteiger partial charge in [-0.25, -0.2) is 0 Å². The normalized spacial score (nSPS) is 20.5. The standard InChI is InChI=1S/C7H12F3NOS/c8-7(9,10)5-12-11-6-1-3-13-4-2-6/h6,11H,1-5H2. The zero-order valence-electron chi connectivity index (χ0n) is 7.06. The Kier molecular flexibility index (Phi) is 4.34. The summed E-state index contributed by atoms with van der Waals surface area (Å²) in [7, 11) is 0. The molecule has 0 spiro atoms. The fraction of sp³-hybridized carbons (Fsp3) is 1.00. The molecular formula is C7H12F3NOS. The van der Waals surface area contributed by atoms with E-state index in [9.17, 15) is 13.2 Å². The highest BCUT2D eigenvalue weighted by atomic mass is 32.2. The molecule has 6 heteroatoms. The molecule has 0 unspecified atom stereocenters. The van der Waals surface area contributed by atoms with Gasteiger partial charge in [-0.05, 0) is 24.3 Å². The van der Waals surface area contributed by atoms with Gasteiger partial charge in [0.1, 0.15) is 0 Å². The zero-order chi connectivity index (χ0) is 9.73. The fourth-order valence-corrected chi connectivity index (χ4v) is 2.16. The molecule has 0 bridgehead atoms. The highest BCUT2D eigenvalue weighted by Gasteiger charge is 2.28. The molecule has 2 nitrogen and oxygen atoms in total. The summed E-state index contributed by atoms with van der Waals surface area (Å²) in [5.41, 5.74) is 2.44. The SMILES string of the molecule is FC(F)(F)CONC1CCSCC1. The Morgan fingerprint density at radius 2 is 1.92 bits per heavy atom. The predicted molar refractivity (Wildman–Crippen MR) is 45.5 cm³/mol. The number of hydroxylamine groups is 1. The first-order chi connectivity index (χ1) is 6.08. The number of hydrogen-bond donors (Lipinski definition) is 1. The average Bonchev–Trinajstić information content (AvgIpc) is 2.04. The van der Waals surface area contributed by atoms with Crippen molar-refractivity contribution in [3.05, 3.63) is 0 Å². The first-order valence-electron chi connectivity index (χ1n) is 4.10. The van der Waals surface area contributed by atoms with Crippen LogP contribution in [-0.4, -0.2) is 30.3 Å². The largest absolute Gasteiger partial charge is 0.413 e. The topological polar surface area (TPSA) is 21.3 Å². The Hall–Kier alpha value is 0.0600. The van der Waals surface area contributed by atoms with Crippen molar-refractivity contribution in [1.82, 2.24) is 5.48 Å².